The third kappa shape index (κ3) is 2.96. The van der Waals surface area contributed by atoms with Crippen LogP contribution >= 0.6 is 0 Å². The van der Waals surface area contributed by atoms with Gasteiger partial charge in [-0.25, -0.2) is 0 Å². The van der Waals surface area contributed by atoms with Gasteiger partial charge in [0.05, 0.1) is 6.10 Å². The molecule has 1 N–H and O–H groups in total. The van der Waals surface area contributed by atoms with E-state index < -0.39 is 0 Å². The first-order valence-corrected chi connectivity index (χ1v) is 5.55. The van der Waals surface area contributed by atoms with Crippen molar-refractivity contribution in [1.82, 2.24) is 5.32 Å². The molecule has 0 aromatic carbocycles. The van der Waals surface area contributed by atoms with Crippen LogP contribution in [-0.2, 0) is 4.74 Å². The Morgan fingerprint density at radius 3 is 2.92 bits per heavy atom. The van der Waals surface area contributed by atoms with E-state index in [0.29, 0.717) is 6.10 Å². The van der Waals surface area contributed by atoms with Crippen molar-refractivity contribution in [2.45, 2.75) is 39.2 Å². The van der Waals surface area contributed by atoms with E-state index in [-0.39, 0.29) is 0 Å². The van der Waals surface area contributed by atoms with Crippen molar-refractivity contribution in [3.05, 3.63) is 0 Å². The van der Waals surface area contributed by atoms with E-state index in [4.69, 9.17) is 4.74 Å². The molecule has 1 aliphatic heterocycles. The fraction of sp³-hybridized carbons (Fsp3) is 1.00. The van der Waals surface area contributed by atoms with Crippen molar-refractivity contribution < 1.29 is 4.74 Å². The summed E-state index contributed by atoms with van der Waals surface area (Å²) in [6.45, 7) is 6.64. The van der Waals surface area contributed by atoms with Gasteiger partial charge in [0.25, 0.3) is 0 Å². The Morgan fingerprint density at radius 2 is 2.31 bits per heavy atom. The molecule has 3 atom stereocenters. The van der Waals surface area contributed by atoms with Gasteiger partial charge in [-0.2, -0.15) is 0 Å². The van der Waals surface area contributed by atoms with E-state index in [9.17, 15) is 0 Å². The zero-order valence-corrected chi connectivity index (χ0v) is 9.18. The number of rotatable bonds is 5. The summed E-state index contributed by atoms with van der Waals surface area (Å²) in [6.07, 6.45) is 4.31. The fourth-order valence-electron chi connectivity index (χ4n) is 2.38. The average Bonchev–Trinajstić information content (AvgIpc) is 2.54. The van der Waals surface area contributed by atoms with Gasteiger partial charge in [-0.05, 0) is 31.7 Å². The molecule has 2 heteroatoms. The molecular formula is C11H23NO. The Kier molecular flexibility index (Phi) is 4.74. The molecule has 1 rings (SSSR count). The van der Waals surface area contributed by atoms with Crippen LogP contribution in [0.3, 0.4) is 0 Å². The first kappa shape index (κ1) is 11.0. The van der Waals surface area contributed by atoms with Gasteiger partial charge in [0.1, 0.15) is 0 Å². The predicted molar refractivity (Wildman–Crippen MR) is 55.8 cm³/mol. The van der Waals surface area contributed by atoms with E-state index in [2.05, 4.69) is 19.2 Å². The zero-order valence-electron chi connectivity index (χ0n) is 9.18. The van der Waals surface area contributed by atoms with Crippen LogP contribution in [0.5, 0.6) is 0 Å². The highest BCUT2D eigenvalue weighted by Crippen LogP contribution is 2.28. The highest BCUT2D eigenvalue weighted by atomic mass is 16.5. The topological polar surface area (TPSA) is 21.3 Å². The Balaban J connectivity index is 2.37. The van der Waals surface area contributed by atoms with Gasteiger partial charge in [-0.3, -0.25) is 0 Å². The molecule has 0 radical (unpaired) electrons. The van der Waals surface area contributed by atoms with Gasteiger partial charge in [0.2, 0.25) is 0 Å². The van der Waals surface area contributed by atoms with Crippen LogP contribution in [0.4, 0.5) is 0 Å². The minimum atomic E-state index is 0.507. The highest BCUT2D eigenvalue weighted by Gasteiger charge is 2.31. The minimum absolute atomic E-state index is 0.507. The van der Waals surface area contributed by atoms with Crippen molar-refractivity contribution in [2.75, 3.05) is 20.2 Å². The number of hydrogen-bond acceptors (Lipinski definition) is 2. The number of hydrogen-bond donors (Lipinski definition) is 1. The number of nitrogens with one attached hydrogen (secondary N) is 1. The van der Waals surface area contributed by atoms with Crippen LogP contribution in [0.25, 0.3) is 0 Å². The van der Waals surface area contributed by atoms with Gasteiger partial charge < -0.3 is 10.1 Å². The maximum absolute atomic E-state index is 5.79. The lowest BCUT2D eigenvalue weighted by atomic mass is 9.89. The summed E-state index contributed by atoms with van der Waals surface area (Å²) in [5, 5.41) is 3.26. The lowest BCUT2D eigenvalue weighted by Gasteiger charge is -2.24. The van der Waals surface area contributed by atoms with Crippen LogP contribution in [0.2, 0.25) is 0 Å². The van der Waals surface area contributed by atoms with Crippen LogP contribution in [-0.4, -0.2) is 26.3 Å². The second kappa shape index (κ2) is 5.61. The van der Waals surface area contributed by atoms with E-state index in [1.807, 2.05) is 7.05 Å². The standard InChI is InChI=1S/C11H23NO/c1-4-5-9(2)11-10(8-12-3)6-7-13-11/h9-12H,4-8H2,1-3H3. The van der Waals surface area contributed by atoms with Crippen molar-refractivity contribution in [3.8, 4) is 0 Å². The largest absolute Gasteiger partial charge is 0.378 e. The van der Waals surface area contributed by atoms with Crippen LogP contribution in [0.1, 0.15) is 33.1 Å². The second-order valence-corrected chi connectivity index (χ2v) is 4.21. The van der Waals surface area contributed by atoms with E-state index in [0.717, 1.165) is 25.0 Å². The third-order valence-corrected chi connectivity index (χ3v) is 3.03. The summed E-state index contributed by atoms with van der Waals surface area (Å²) in [6, 6.07) is 0. The third-order valence-electron chi connectivity index (χ3n) is 3.03. The summed E-state index contributed by atoms with van der Waals surface area (Å²) in [7, 11) is 2.03. The van der Waals surface area contributed by atoms with E-state index >= 15 is 0 Å². The van der Waals surface area contributed by atoms with Crippen LogP contribution < -0.4 is 5.32 Å². The lowest BCUT2D eigenvalue weighted by molar-refractivity contribution is 0.0448. The summed E-state index contributed by atoms with van der Waals surface area (Å²) in [5.41, 5.74) is 0. The maximum Gasteiger partial charge on any atom is 0.0641 e. The molecule has 0 spiro atoms. The molecule has 2 nitrogen and oxygen atoms in total. The van der Waals surface area contributed by atoms with Gasteiger partial charge in [0, 0.05) is 13.2 Å². The molecular weight excluding hydrogens is 162 g/mol. The van der Waals surface area contributed by atoms with Crippen LogP contribution in [0.15, 0.2) is 0 Å². The first-order valence-electron chi connectivity index (χ1n) is 5.55. The summed E-state index contributed by atoms with van der Waals surface area (Å²) >= 11 is 0. The molecule has 1 saturated heterocycles. The monoisotopic (exact) mass is 185 g/mol. The van der Waals surface area contributed by atoms with Gasteiger partial charge in [0.15, 0.2) is 0 Å². The quantitative estimate of drug-likeness (QED) is 0.708. The second-order valence-electron chi connectivity index (χ2n) is 4.21. The van der Waals surface area contributed by atoms with E-state index in [1.165, 1.54) is 19.3 Å². The van der Waals surface area contributed by atoms with Crippen molar-refractivity contribution in [2.24, 2.45) is 11.8 Å². The molecule has 1 aliphatic rings. The Bertz CT molecular complexity index is 138. The molecule has 78 valence electrons. The predicted octanol–water partition coefficient (Wildman–Crippen LogP) is 2.05. The highest BCUT2D eigenvalue weighted by molar-refractivity contribution is 4.81. The van der Waals surface area contributed by atoms with Gasteiger partial charge >= 0.3 is 0 Å². The molecule has 0 amide bonds. The number of ether oxygens (including phenoxy) is 1. The minimum Gasteiger partial charge on any atom is -0.378 e. The molecule has 0 saturated carbocycles. The van der Waals surface area contributed by atoms with Crippen LogP contribution in [0, 0.1) is 11.8 Å². The Morgan fingerprint density at radius 1 is 1.54 bits per heavy atom. The fourth-order valence-corrected chi connectivity index (χ4v) is 2.38. The van der Waals surface area contributed by atoms with Gasteiger partial charge in [-0.1, -0.05) is 20.3 Å². The smallest absolute Gasteiger partial charge is 0.0641 e. The lowest BCUT2D eigenvalue weighted by Crippen LogP contribution is -2.31. The first-order chi connectivity index (χ1) is 6.29. The van der Waals surface area contributed by atoms with E-state index in [1.54, 1.807) is 0 Å². The Labute approximate surface area is 82.0 Å². The molecule has 0 bridgehead atoms. The SMILES string of the molecule is CCCC(C)C1OCCC1CNC. The summed E-state index contributed by atoms with van der Waals surface area (Å²) in [4.78, 5) is 0. The summed E-state index contributed by atoms with van der Waals surface area (Å²) in [5.74, 6) is 1.47. The molecule has 0 aromatic rings. The van der Waals surface area contributed by atoms with Gasteiger partial charge in [-0.15, -0.1) is 0 Å². The Hall–Kier alpha value is -0.0800. The molecule has 13 heavy (non-hydrogen) atoms. The molecule has 1 fully saturated rings. The maximum atomic E-state index is 5.79. The molecule has 3 unspecified atom stereocenters. The molecule has 1 heterocycles. The van der Waals surface area contributed by atoms with Crippen molar-refractivity contribution in [3.63, 3.8) is 0 Å². The molecule has 0 aromatic heterocycles. The van der Waals surface area contributed by atoms with Crippen molar-refractivity contribution in [1.29, 1.82) is 0 Å². The zero-order chi connectivity index (χ0) is 9.68. The molecule has 0 aliphatic carbocycles. The average molecular weight is 185 g/mol. The van der Waals surface area contributed by atoms with Crippen molar-refractivity contribution >= 4 is 0 Å². The summed E-state index contributed by atoms with van der Waals surface area (Å²) < 4.78 is 5.79. The normalized spacial score (nSPS) is 30.7.